The molecule has 0 bridgehead atoms. The molecule has 0 aliphatic heterocycles. The third-order valence-electron chi connectivity index (χ3n) is 7.55. The van der Waals surface area contributed by atoms with Crippen LogP contribution in [0.3, 0.4) is 0 Å². The average Bonchev–Trinajstić information content (AvgIpc) is 3.52. The van der Waals surface area contributed by atoms with E-state index < -0.39 is 0 Å². The second-order valence-corrected chi connectivity index (χ2v) is 10.6. The molecule has 0 atom stereocenters. The van der Waals surface area contributed by atoms with Crippen LogP contribution in [-0.2, 0) is 0 Å². The Morgan fingerprint density at radius 1 is 0.452 bits per heavy atom. The van der Waals surface area contributed by atoms with E-state index in [1.807, 2.05) is 66.7 Å². The number of aromatic nitrogens is 4. The number of benzene rings is 5. The molecular weight excluding hydrogens is 516 g/mol. The Balaban J connectivity index is 1.22. The van der Waals surface area contributed by atoms with E-state index in [-0.39, 0.29) is 0 Å². The van der Waals surface area contributed by atoms with Crippen LogP contribution in [0.1, 0.15) is 16.7 Å². The lowest BCUT2D eigenvalue weighted by Crippen LogP contribution is -1.99. The number of para-hydroxylation sites is 2. The SMILES string of the molecule is Cc1cc(C)c(-c2nc3ccccc3nc2-c2ccc(-c3ccc(-c4nnc(-c5ccccc5)o4)cc3)cc2)c(C)c1. The van der Waals surface area contributed by atoms with Gasteiger partial charge in [0.1, 0.15) is 0 Å². The molecule has 5 heteroatoms. The van der Waals surface area contributed by atoms with Crippen molar-refractivity contribution in [1.82, 2.24) is 20.2 Å². The summed E-state index contributed by atoms with van der Waals surface area (Å²) in [5, 5.41) is 8.47. The van der Waals surface area contributed by atoms with Gasteiger partial charge >= 0.3 is 0 Å². The fraction of sp³-hybridized carbons (Fsp3) is 0.0811. The summed E-state index contributed by atoms with van der Waals surface area (Å²) in [6.07, 6.45) is 0. The lowest BCUT2D eigenvalue weighted by Gasteiger charge is -2.16. The van der Waals surface area contributed by atoms with Crippen LogP contribution in [0.5, 0.6) is 0 Å². The minimum Gasteiger partial charge on any atom is -0.416 e. The normalized spacial score (nSPS) is 11.2. The van der Waals surface area contributed by atoms with E-state index in [2.05, 4.69) is 79.5 Å². The molecule has 0 saturated carbocycles. The van der Waals surface area contributed by atoms with Crippen molar-refractivity contribution in [3.05, 3.63) is 132 Å². The van der Waals surface area contributed by atoms with Crippen molar-refractivity contribution >= 4 is 11.0 Å². The largest absolute Gasteiger partial charge is 0.416 e. The standard InChI is InChI=1S/C37H28N4O/c1-23-21-24(2)33(25(3)22-23)35-34(38-31-11-7-8-12-32(31)39-35)28-17-13-26(14-18-28)27-15-19-30(20-16-27)37-41-40-36(42-37)29-9-5-4-6-10-29/h4-22H,1-3H3. The van der Waals surface area contributed by atoms with Crippen LogP contribution >= 0.6 is 0 Å². The van der Waals surface area contributed by atoms with Gasteiger partial charge in [-0.05, 0) is 79.4 Å². The van der Waals surface area contributed by atoms with Gasteiger partial charge in [0, 0.05) is 22.3 Å². The molecule has 0 aliphatic carbocycles. The molecule has 0 saturated heterocycles. The van der Waals surface area contributed by atoms with Crippen molar-refractivity contribution in [2.75, 3.05) is 0 Å². The van der Waals surface area contributed by atoms with Gasteiger partial charge in [0.05, 0.1) is 22.4 Å². The summed E-state index contributed by atoms with van der Waals surface area (Å²) < 4.78 is 5.93. The fourth-order valence-electron chi connectivity index (χ4n) is 5.59. The van der Waals surface area contributed by atoms with E-state index in [0.717, 1.165) is 55.8 Å². The number of rotatable bonds is 5. The molecule has 5 nitrogen and oxygen atoms in total. The first-order valence-corrected chi connectivity index (χ1v) is 14.0. The minimum absolute atomic E-state index is 0.500. The van der Waals surface area contributed by atoms with Gasteiger partial charge in [-0.3, -0.25) is 0 Å². The van der Waals surface area contributed by atoms with Crippen molar-refractivity contribution in [3.8, 4) is 56.6 Å². The van der Waals surface area contributed by atoms with Crippen LogP contribution in [-0.4, -0.2) is 20.2 Å². The second-order valence-electron chi connectivity index (χ2n) is 10.6. The molecular formula is C37H28N4O. The highest BCUT2D eigenvalue weighted by molar-refractivity contribution is 5.88. The Hall–Kier alpha value is -5.42. The van der Waals surface area contributed by atoms with Gasteiger partial charge in [-0.2, -0.15) is 0 Å². The van der Waals surface area contributed by atoms with Crippen LogP contribution in [0.2, 0.25) is 0 Å². The molecule has 0 aliphatic rings. The summed E-state index contributed by atoms with van der Waals surface area (Å²) in [4.78, 5) is 10.2. The van der Waals surface area contributed by atoms with E-state index in [1.54, 1.807) is 0 Å². The zero-order chi connectivity index (χ0) is 28.6. The molecule has 0 amide bonds. The molecule has 2 heterocycles. The Morgan fingerprint density at radius 3 is 1.48 bits per heavy atom. The maximum Gasteiger partial charge on any atom is 0.248 e. The number of nitrogens with zero attached hydrogens (tertiary/aromatic N) is 4. The third-order valence-corrected chi connectivity index (χ3v) is 7.55. The average molecular weight is 545 g/mol. The molecule has 0 N–H and O–H groups in total. The molecule has 2 aromatic heterocycles. The summed E-state index contributed by atoms with van der Waals surface area (Å²) in [6.45, 7) is 6.44. The number of hydrogen-bond donors (Lipinski definition) is 0. The van der Waals surface area contributed by atoms with Crippen LogP contribution in [0.25, 0.3) is 67.6 Å². The molecule has 42 heavy (non-hydrogen) atoms. The van der Waals surface area contributed by atoms with E-state index in [9.17, 15) is 0 Å². The molecule has 0 radical (unpaired) electrons. The molecule has 7 rings (SSSR count). The monoisotopic (exact) mass is 544 g/mol. The number of fused-ring (bicyclic) bond motifs is 1. The first kappa shape index (κ1) is 25.5. The number of hydrogen-bond acceptors (Lipinski definition) is 5. The molecule has 0 fully saturated rings. The molecule has 7 aromatic rings. The van der Waals surface area contributed by atoms with Gasteiger partial charge < -0.3 is 4.42 Å². The first-order valence-electron chi connectivity index (χ1n) is 14.0. The maximum absolute atomic E-state index is 5.93. The van der Waals surface area contributed by atoms with Gasteiger partial charge in [0.25, 0.3) is 0 Å². The number of aryl methyl sites for hydroxylation is 3. The Labute approximate surface area is 244 Å². The summed E-state index contributed by atoms with van der Waals surface area (Å²) in [6, 6.07) is 39.0. The Bertz CT molecular complexity index is 2020. The van der Waals surface area contributed by atoms with Crippen LogP contribution in [0.4, 0.5) is 0 Å². The summed E-state index contributed by atoms with van der Waals surface area (Å²) in [5.41, 5.74) is 13.4. The minimum atomic E-state index is 0.500. The molecule has 0 spiro atoms. The molecule has 0 unspecified atom stereocenters. The van der Waals surface area contributed by atoms with Gasteiger partial charge in [-0.15, -0.1) is 10.2 Å². The van der Waals surface area contributed by atoms with E-state index in [4.69, 9.17) is 14.4 Å². The lowest BCUT2D eigenvalue weighted by molar-refractivity contribution is 0.584. The summed E-state index contributed by atoms with van der Waals surface area (Å²) >= 11 is 0. The third kappa shape index (κ3) is 4.75. The summed E-state index contributed by atoms with van der Waals surface area (Å²) in [5.74, 6) is 1.01. The zero-order valence-corrected chi connectivity index (χ0v) is 23.7. The highest BCUT2D eigenvalue weighted by Gasteiger charge is 2.17. The van der Waals surface area contributed by atoms with Gasteiger partial charge in [0.2, 0.25) is 11.8 Å². The predicted octanol–water partition coefficient (Wildman–Crippen LogP) is 9.27. The Morgan fingerprint density at radius 2 is 0.905 bits per heavy atom. The van der Waals surface area contributed by atoms with Crippen molar-refractivity contribution < 1.29 is 4.42 Å². The van der Waals surface area contributed by atoms with Gasteiger partial charge in [-0.1, -0.05) is 84.4 Å². The first-order chi connectivity index (χ1) is 20.5. The van der Waals surface area contributed by atoms with Gasteiger partial charge in [0.15, 0.2) is 0 Å². The maximum atomic E-state index is 5.93. The van der Waals surface area contributed by atoms with E-state index in [1.165, 1.54) is 16.7 Å². The van der Waals surface area contributed by atoms with Crippen molar-refractivity contribution in [1.29, 1.82) is 0 Å². The predicted molar refractivity (Wildman–Crippen MR) is 169 cm³/mol. The zero-order valence-electron chi connectivity index (χ0n) is 23.7. The second kappa shape index (κ2) is 10.5. The molecule has 202 valence electrons. The van der Waals surface area contributed by atoms with Crippen LogP contribution in [0, 0.1) is 20.8 Å². The van der Waals surface area contributed by atoms with Crippen LogP contribution in [0.15, 0.2) is 120 Å². The van der Waals surface area contributed by atoms with E-state index >= 15 is 0 Å². The van der Waals surface area contributed by atoms with E-state index in [0.29, 0.717) is 11.8 Å². The topological polar surface area (TPSA) is 64.7 Å². The quantitative estimate of drug-likeness (QED) is 0.216. The van der Waals surface area contributed by atoms with Crippen molar-refractivity contribution in [2.45, 2.75) is 20.8 Å². The Kier molecular flexibility index (Phi) is 6.40. The highest BCUT2D eigenvalue weighted by atomic mass is 16.4. The smallest absolute Gasteiger partial charge is 0.248 e. The fourth-order valence-corrected chi connectivity index (χ4v) is 5.59. The van der Waals surface area contributed by atoms with Crippen molar-refractivity contribution in [2.24, 2.45) is 0 Å². The molecule has 5 aromatic carbocycles. The van der Waals surface area contributed by atoms with Gasteiger partial charge in [-0.25, -0.2) is 9.97 Å². The highest BCUT2D eigenvalue weighted by Crippen LogP contribution is 2.36. The van der Waals surface area contributed by atoms with Crippen LogP contribution < -0.4 is 0 Å². The summed E-state index contributed by atoms with van der Waals surface area (Å²) in [7, 11) is 0. The van der Waals surface area contributed by atoms with Crippen molar-refractivity contribution in [3.63, 3.8) is 0 Å². The lowest BCUT2D eigenvalue weighted by atomic mass is 9.93.